The molecule has 1 fully saturated rings. The maximum absolute atomic E-state index is 12.4. The first-order valence-electron chi connectivity index (χ1n) is 6.68. The highest BCUT2D eigenvalue weighted by molar-refractivity contribution is 6.15. The van der Waals surface area contributed by atoms with E-state index < -0.39 is 5.41 Å². The van der Waals surface area contributed by atoms with Crippen LogP contribution in [-0.2, 0) is 11.2 Å². The molecule has 100 valence electrons. The van der Waals surface area contributed by atoms with Gasteiger partial charge in [-0.05, 0) is 12.0 Å². The molecule has 4 nitrogen and oxygen atoms in total. The monoisotopic (exact) mass is 257 g/mol. The first-order valence-corrected chi connectivity index (χ1v) is 6.68. The fraction of sp³-hybridized carbons (Fsp3) is 0.467. The van der Waals surface area contributed by atoms with Crippen LogP contribution in [0.5, 0.6) is 0 Å². The van der Waals surface area contributed by atoms with Crippen LogP contribution in [0, 0.1) is 10.8 Å². The van der Waals surface area contributed by atoms with Crippen molar-refractivity contribution < 1.29 is 4.79 Å². The Morgan fingerprint density at radius 3 is 2.68 bits per heavy atom. The van der Waals surface area contributed by atoms with E-state index in [2.05, 4.69) is 41.8 Å². The zero-order valence-electron chi connectivity index (χ0n) is 11.4. The van der Waals surface area contributed by atoms with Crippen molar-refractivity contribution in [3.05, 3.63) is 35.9 Å². The lowest BCUT2D eigenvalue weighted by atomic mass is 9.65. The molecular formula is C15H19N3O. The Bertz CT molecular complexity index is 536. The Morgan fingerprint density at radius 1 is 1.21 bits per heavy atom. The highest BCUT2D eigenvalue weighted by atomic mass is 16.2. The average Bonchev–Trinajstić information content (AvgIpc) is 2.69. The molecule has 0 aromatic heterocycles. The lowest BCUT2D eigenvalue weighted by Gasteiger charge is -2.41. The van der Waals surface area contributed by atoms with Gasteiger partial charge in [0.05, 0.1) is 5.71 Å². The molecule has 0 bridgehead atoms. The number of piperidine rings is 1. The summed E-state index contributed by atoms with van der Waals surface area (Å²) in [6, 6.07) is 10.2. The van der Waals surface area contributed by atoms with Crippen molar-refractivity contribution in [2.45, 2.75) is 20.3 Å². The summed E-state index contributed by atoms with van der Waals surface area (Å²) in [6.07, 6.45) is 0.703. The van der Waals surface area contributed by atoms with Gasteiger partial charge >= 0.3 is 0 Å². The third-order valence-electron chi connectivity index (χ3n) is 4.14. The van der Waals surface area contributed by atoms with Crippen LogP contribution in [0.1, 0.15) is 19.4 Å². The molecule has 0 saturated carbocycles. The SMILES string of the molecule is CC1(C)CNCC2(Cc3ccccc3)C(=O)NN=C12. The first-order chi connectivity index (χ1) is 9.05. The molecule has 0 spiro atoms. The minimum absolute atomic E-state index is 0.0200. The van der Waals surface area contributed by atoms with Crippen LogP contribution >= 0.6 is 0 Å². The summed E-state index contributed by atoms with van der Waals surface area (Å²) in [6.45, 7) is 5.79. The molecule has 1 unspecified atom stereocenters. The predicted molar refractivity (Wildman–Crippen MR) is 74.8 cm³/mol. The van der Waals surface area contributed by atoms with E-state index in [0.29, 0.717) is 13.0 Å². The number of hydrazone groups is 1. The minimum Gasteiger partial charge on any atom is -0.314 e. The fourth-order valence-electron chi connectivity index (χ4n) is 3.23. The van der Waals surface area contributed by atoms with E-state index in [4.69, 9.17) is 0 Å². The number of rotatable bonds is 2. The molecule has 19 heavy (non-hydrogen) atoms. The molecule has 1 atom stereocenters. The summed E-state index contributed by atoms with van der Waals surface area (Å²) < 4.78 is 0. The Kier molecular flexibility index (Phi) is 2.71. The van der Waals surface area contributed by atoms with Crippen LogP contribution in [0.25, 0.3) is 0 Å². The van der Waals surface area contributed by atoms with Gasteiger partial charge in [-0.25, -0.2) is 5.43 Å². The van der Waals surface area contributed by atoms with E-state index in [1.54, 1.807) is 0 Å². The Balaban J connectivity index is 2.00. The number of hydrogen-bond acceptors (Lipinski definition) is 3. The van der Waals surface area contributed by atoms with E-state index in [0.717, 1.165) is 12.3 Å². The second-order valence-electron chi connectivity index (χ2n) is 6.13. The van der Waals surface area contributed by atoms with Crippen molar-refractivity contribution in [1.82, 2.24) is 10.7 Å². The molecule has 0 aliphatic carbocycles. The summed E-state index contributed by atoms with van der Waals surface area (Å²) in [7, 11) is 0. The van der Waals surface area contributed by atoms with E-state index in [9.17, 15) is 4.79 Å². The molecule has 1 aromatic rings. The van der Waals surface area contributed by atoms with E-state index in [1.165, 1.54) is 5.56 Å². The van der Waals surface area contributed by atoms with Gasteiger partial charge in [-0.3, -0.25) is 4.79 Å². The van der Waals surface area contributed by atoms with Crippen molar-refractivity contribution in [2.75, 3.05) is 13.1 Å². The summed E-state index contributed by atoms with van der Waals surface area (Å²) in [5, 5.41) is 7.73. The molecule has 1 aromatic carbocycles. The first kappa shape index (κ1) is 12.4. The van der Waals surface area contributed by atoms with Gasteiger partial charge in [0.25, 0.3) is 5.91 Å². The largest absolute Gasteiger partial charge is 0.314 e. The van der Waals surface area contributed by atoms with Gasteiger partial charge < -0.3 is 5.32 Å². The Morgan fingerprint density at radius 2 is 1.95 bits per heavy atom. The predicted octanol–water partition coefficient (Wildman–Crippen LogP) is 1.33. The molecule has 3 rings (SSSR count). The molecular weight excluding hydrogens is 238 g/mol. The zero-order chi connectivity index (χ0) is 13.5. The number of hydrogen-bond donors (Lipinski definition) is 2. The fourth-order valence-corrected chi connectivity index (χ4v) is 3.23. The Labute approximate surface area is 113 Å². The van der Waals surface area contributed by atoms with Crippen LogP contribution in [0.2, 0.25) is 0 Å². The van der Waals surface area contributed by atoms with Gasteiger partial charge in [0.2, 0.25) is 0 Å². The number of benzene rings is 1. The number of carbonyl (C=O) groups excluding carboxylic acids is 1. The van der Waals surface area contributed by atoms with Gasteiger partial charge in [-0.15, -0.1) is 0 Å². The lowest BCUT2D eigenvalue weighted by Crippen LogP contribution is -2.59. The summed E-state index contributed by atoms with van der Waals surface area (Å²) in [4.78, 5) is 12.4. The maximum Gasteiger partial charge on any atom is 0.253 e. The smallest absolute Gasteiger partial charge is 0.253 e. The van der Waals surface area contributed by atoms with Gasteiger partial charge in [-0.1, -0.05) is 44.2 Å². The lowest BCUT2D eigenvalue weighted by molar-refractivity contribution is -0.126. The topological polar surface area (TPSA) is 53.5 Å². The second kappa shape index (κ2) is 4.17. The third-order valence-corrected chi connectivity index (χ3v) is 4.14. The van der Waals surface area contributed by atoms with E-state index in [-0.39, 0.29) is 11.3 Å². The van der Waals surface area contributed by atoms with Crippen LogP contribution < -0.4 is 10.7 Å². The van der Waals surface area contributed by atoms with Gasteiger partial charge in [0.1, 0.15) is 5.41 Å². The molecule has 4 heteroatoms. The summed E-state index contributed by atoms with van der Waals surface area (Å²) in [5.74, 6) is 0.0200. The van der Waals surface area contributed by atoms with Crippen LogP contribution in [-0.4, -0.2) is 24.7 Å². The Hall–Kier alpha value is -1.68. The zero-order valence-corrected chi connectivity index (χ0v) is 11.4. The van der Waals surface area contributed by atoms with Crippen molar-refractivity contribution in [1.29, 1.82) is 0 Å². The highest BCUT2D eigenvalue weighted by Crippen LogP contribution is 2.39. The van der Waals surface area contributed by atoms with E-state index >= 15 is 0 Å². The minimum atomic E-state index is -0.525. The number of nitrogens with one attached hydrogen (secondary N) is 2. The summed E-state index contributed by atoms with van der Waals surface area (Å²) in [5.41, 5.74) is 4.24. The van der Waals surface area contributed by atoms with Crippen molar-refractivity contribution >= 4 is 11.6 Å². The molecule has 1 amide bonds. The van der Waals surface area contributed by atoms with Gasteiger partial charge in [0, 0.05) is 18.5 Å². The number of carbonyl (C=O) groups is 1. The molecule has 2 aliphatic heterocycles. The summed E-state index contributed by atoms with van der Waals surface area (Å²) >= 11 is 0. The quantitative estimate of drug-likeness (QED) is 0.840. The molecule has 2 heterocycles. The van der Waals surface area contributed by atoms with Gasteiger partial charge in [-0.2, -0.15) is 5.10 Å². The second-order valence-corrected chi connectivity index (χ2v) is 6.13. The molecule has 1 saturated heterocycles. The van der Waals surface area contributed by atoms with Gasteiger partial charge in [0.15, 0.2) is 0 Å². The van der Waals surface area contributed by atoms with Crippen LogP contribution in [0.15, 0.2) is 35.4 Å². The van der Waals surface area contributed by atoms with Crippen LogP contribution in [0.3, 0.4) is 0 Å². The number of nitrogens with zero attached hydrogens (tertiary/aromatic N) is 1. The standard InChI is InChI=1S/C15H19N3O/c1-14(2)9-16-10-15(12(14)17-18-13(15)19)8-11-6-4-3-5-7-11/h3-7,16H,8-10H2,1-2H3,(H,18,19). The number of fused-ring (bicyclic) bond motifs is 1. The van der Waals surface area contributed by atoms with Crippen LogP contribution in [0.4, 0.5) is 0 Å². The molecule has 2 N–H and O–H groups in total. The number of amides is 1. The maximum atomic E-state index is 12.4. The third kappa shape index (κ3) is 1.87. The normalized spacial score (nSPS) is 28.5. The van der Waals surface area contributed by atoms with Crippen molar-refractivity contribution in [3.63, 3.8) is 0 Å². The van der Waals surface area contributed by atoms with Crippen molar-refractivity contribution in [3.8, 4) is 0 Å². The molecule has 0 radical (unpaired) electrons. The highest BCUT2D eigenvalue weighted by Gasteiger charge is 2.54. The van der Waals surface area contributed by atoms with E-state index in [1.807, 2.05) is 18.2 Å². The van der Waals surface area contributed by atoms with Crippen molar-refractivity contribution in [2.24, 2.45) is 15.9 Å². The molecule has 2 aliphatic rings. The average molecular weight is 257 g/mol.